The summed E-state index contributed by atoms with van der Waals surface area (Å²) in [6.07, 6.45) is 5.21. The number of aromatic nitrogens is 2. The fourth-order valence-corrected chi connectivity index (χ4v) is 3.13. The van der Waals surface area contributed by atoms with Crippen molar-refractivity contribution >= 4 is 17.7 Å². The number of hydrogen-bond donors (Lipinski definition) is 5. The summed E-state index contributed by atoms with van der Waals surface area (Å²) in [6, 6.07) is 6.29. The second kappa shape index (κ2) is 7.90. The highest BCUT2D eigenvalue weighted by Gasteiger charge is 2.20. The summed E-state index contributed by atoms with van der Waals surface area (Å²) in [5.74, 6) is -2.56. The van der Waals surface area contributed by atoms with Crippen molar-refractivity contribution in [2.24, 2.45) is 0 Å². The third kappa shape index (κ3) is 4.25. The molecular formula is C18H20N4O5. The van der Waals surface area contributed by atoms with Gasteiger partial charge in [-0.2, -0.15) is 0 Å². The molecular weight excluding hydrogens is 352 g/mol. The molecule has 5 N–H and O–H groups in total. The average Bonchev–Trinajstić information content (AvgIpc) is 2.65. The number of rotatable bonds is 4. The van der Waals surface area contributed by atoms with Crippen LogP contribution in [0.2, 0.25) is 0 Å². The van der Waals surface area contributed by atoms with E-state index < -0.39 is 23.0 Å². The van der Waals surface area contributed by atoms with Crippen molar-refractivity contribution in [3.05, 3.63) is 40.3 Å². The lowest BCUT2D eigenvalue weighted by atomic mass is 9.96. The highest BCUT2D eigenvalue weighted by molar-refractivity contribution is 5.94. The molecule has 1 aromatic carbocycles. The van der Waals surface area contributed by atoms with Crippen molar-refractivity contribution in [3.8, 4) is 17.1 Å². The maximum absolute atomic E-state index is 12.3. The van der Waals surface area contributed by atoms with Crippen molar-refractivity contribution in [2.45, 2.75) is 38.1 Å². The van der Waals surface area contributed by atoms with Crippen molar-refractivity contribution < 1.29 is 19.8 Å². The molecule has 9 heteroatoms. The largest absolute Gasteiger partial charge is 0.501 e. The average molecular weight is 372 g/mol. The van der Waals surface area contributed by atoms with E-state index in [-0.39, 0.29) is 17.9 Å². The Morgan fingerprint density at radius 2 is 1.85 bits per heavy atom. The third-order valence-electron chi connectivity index (χ3n) is 4.47. The summed E-state index contributed by atoms with van der Waals surface area (Å²) in [4.78, 5) is 41.5. The third-order valence-corrected chi connectivity index (χ3v) is 4.47. The van der Waals surface area contributed by atoms with Crippen LogP contribution < -0.4 is 16.2 Å². The molecule has 0 radical (unpaired) electrons. The fourth-order valence-electron chi connectivity index (χ4n) is 3.13. The molecule has 0 saturated heterocycles. The Morgan fingerprint density at radius 3 is 2.56 bits per heavy atom. The first kappa shape index (κ1) is 18.4. The number of para-hydroxylation sites is 1. The lowest BCUT2D eigenvalue weighted by Crippen LogP contribution is -2.39. The Balaban J connectivity index is 1.87. The number of amides is 2. The smallest absolute Gasteiger partial charge is 0.358 e. The van der Waals surface area contributed by atoms with Crippen LogP contribution in [0, 0.1) is 0 Å². The standard InChI is InChI=1S/C18H20N4O5/c23-14-13(17(25)26)21-15(22-16(14)24)11-8-4-5-9-12(11)20-18(27)19-10-6-2-1-3-7-10/h4-5,8-10,23H,1-3,6-7H2,(H,25,26)(H2,19,20,27)(H,21,22,24). The molecule has 1 fully saturated rings. The van der Waals surface area contributed by atoms with E-state index in [9.17, 15) is 19.5 Å². The maximum Gasteiger partial charge on any atom is 0.358 e. The Hall–Kier alpha value is -3.36. The van der Waals surface area contributed by atoms with Gasteiger partial charge in [0.05, 0.1) is 5.69 Å². The van der Waals surface area contributed by atoms with Crippen LogP contribution >= 0.6 is 0 Å². The molecule has 2 amide bonds. The van der Waals surface area contributed by atoms with Crippen molar-refractivity contribution in [2.75, 3.05) is 5.32 Å². The summed E-state index contributed by atoms with van der Waals surface area (Å²) in [6.45, 7) is 0. The van der Waals surface area contributed by atoms with Crippen LogP contribution in [0.1, 0.15) is 42.6 Å². The molecule has 1 heterocycles. The van der Waals surface area contributed by atoms with E-state index >= 15 is 0 Å². The highest BCUT2D eigenvalue weighted by Crippen LogP contribution is 2.26. The Bertz CT molecular complexity index is 918. The van der Waals surface area contributed by atoms with Crippen LogP contribution in [0.3, 0.4) is 0 Å². The van der Waals surface area contributed by atoms with Gasteiger partial charge in [-0.25, -0.2) is 14.6 Å². The summed E-state index contributed by atoms with van der Waals surface area (Å²) in [5.41, 5.74) is -1.04. The Kier molecular flexibility index (Phi) is 5.39. The Labute approximate surface area is 154 Å². The number of aromatic hydroxyl groups is 1. The van der Waals surface area contributed by atoms with Gasteiger partial charge in [-0.3, -0.25) is 4.79 Å². The first-order chi connectivity index (χ1) is 13.0. The fraction of sp³-hybridized carbons (Fsp3) is 0.333. The number of nitrogens with one attached hydrogen (secondary N) is 3. The lowest BCUT2D eigenvalue weighted by Gasteiger charge is -2.23. The van der Waals surface area contributed by atoms with E-state index in [1.54, 1.807) is 24.3 Å². The molecule has 142 valence electrons. The van der Waals surface area contributed by atoms with Gasteiger partial charge < -0.3 is 25.8 Å². The molecule has 0 atom stereocenters. The van der Waals surface area contributed by atoms with E-state index in [1.165, 1.54) is 6.42 Å². The first-order valence-corrected chi connectivity index (χ1v) is 8.69. The van der Waals surface area contributed by atoms with Crippen molar-refractivity contribution in [3.63, 3.8) is 0 Å². The molecule has 0 aliphatic heterocycles. The number of benzene rings is 1. The minimum Gasteiger partial charge on any atom is -0.501 e. The predicted octanol–water partition coefficient (Wildman–Crippen LogP) is 2.29. The van der Waals surface area contributed by atoms with Gasteiger partial charge in [0.25, 0.3) is 5.56 Å². The van der Waals surface area contributed by atoms with E-state index in [4.69, 9.17) is 5.11 Å². The van der Waals surface area contributed by atoms with Crippen molar-refractivity contribution in [1.82, 2.24) is 15.3 Å². The topological polar surface area (TPSA) is 144 Å². The van der Waals surface area contributed by atoms with Gasteiger partial charge >= 0.3 is 12.0 Å². The molecule has 0 spiro atoms. The molecule has 1 aromatic heterocycles. The summed E-state index contributed by atoms with van der Waals surface area (Å²) >= 11 is 0. The van der Waals surface area contributed by atoms with E-state index in [0.29, 0.717) is 11.3 Å². The number of H-pyrrole nitrogens is 1. The number of anilines is 1. The Morgan fingerprint density at radius 1 is 1.15 bits per heavy atom. The first-order valence-electron chi connectivity index (χ1n) is 8.69. The molecule has 1 aliphatic rings. The zero-order chi connectivity index (χ0) is 19.4. The molecule has 0 bridgehead atoms. The zero-order valence-electron chi connectivity index (χ0n) is 14.5. The lowest BCUT2D eigenvalue weighted by molar-refractivity contribution is 0.0686. The van der Waals surface area contributed by atoms with Crippen molar-refractivity contribution in [1.29, 1.82) is 0 Å². The number of urea groups is 1. The van der Waals surface area contributed by atoms with E-state index in [0.717, 1.165) is 25.7 Å². The van der Waals surface area contributed by atoms with Crippen LogP contribution in [0.25, 0.3) is 11.4 Å². The number of nitrogens with zero attached hydrogens (tertiary/aromatic N) is 1. The highest BCUT2D eigenvalue weighted by atomic mass is 16.4. The second-order valence-electron chi connectivity index (χ2n) is 6.40. The molecule has 1 aliphatic carbocycles. The monoisotopic (exact) mass is 372 g/mol. The van der Waals surface area contributed by atoms with Gasteiger partial charge in [0, 0.05) is 11.6 Å². The zero-order valence-corrected chi connectivity index (χ0v) is 14.5. The predicted molar refractivity (Wildman–Crippen MR) is 97.9 cm³/mol. The van der Waals surface area contributed by atoms with Crippen LogP contribution in [-0.2, 0) is 0 Å². The van der Waals surface area contributed by atoms with Crippen LogP contribution in [-0.4, -0.2) is 38.2 Å². The number of aromatic amines is 1. The number of carbonyl (C=O) groups is 2. The summed E-state index contributed by atoms with van der Waals surface area (Å²) in [7, 11) is 0. The van der Waals surface area contributed by atoms with Gasteiger partial charge in [0.1, 0.15) is 5.82 Å². The van der Waals surface area contributed by atoms with Gasteiger partial charge in [-0.15, -0.1) is 0 Å². The second-order valence-corrected chi connectivity index (χ2v) is 6.40. The number of carbonyl (C=O) groups excluding carboxylic acids is 1. The number of carboxylic acid groups (broad SMARTS) is 1. The summed E-state index contributed by atoms with van der Waals surface area (Å²) in [5, 5.41) is 24.3. The quantitative estimate of drug-likeness (QED) is 0.557. The van der Waals surface area contributed by atoms with Crippen LogP contribution in [0.5, 0.6) is 5.75 Å². The molecule has 2 aromatic rings. The summed E-state index contributed by atoms with van der Waals surface area (Å²) < 4.78 is 0. The molecule has 1 saturated carbocycles. The van der Waals surface area contributed by atoms with Gasteiger partial charge in [0.2, 0.25) is 5.75 Å². The van der Waals surface area contributed by atoms with Gasteiger partial charge in [-0.1, -0.05) is 31.4 Å². The minimum absolute atomic E-state index is 0.0660. The molecule has 0 unspecified atom stereocenters. The van der Waals surface area contributed by atoms with Gasteiger partial charge in [0.15, 0.2) is 5.69 Å². The number of carboxylic acids is 1. The van der Waals surface area contributed by atoms with Crippen LogP contribution in [0.4, 0.5) is 10.5 Å². The van der Waals surface area contributed by atoms with E-state index in [2.05, 4.69) is 20.6 Å². The maximum atomic E-state index is 12.3. The molecule has 3 rings (SSSR count). The molecule has 27 heavy (non-hydrogen) atoms. The number of hydrogen-bond acceptors (Lipinski definition) is 5. The molecule has 9 nitrogen and oxygen atoms in total. The number of aromatic carboxylic acids is 1. The van der Waals surface area contributed by atoms with Crippen LogP contribution in [0.15, 0.2) is 29.1 Å². The SMILES string of the molecule is O=C(Nc1ccccc1-c1nc(C(=O)O)c(O)c(=O)[nH]1)NC1CCCCC1. The normalized spacial score (nSPS) is 14.5. The van der Waals surface area contributed by atoms with E-state index in [1.807, 2.05) is 0 Å². The minimum atomic E-state index is -1.53. The van der Waals surface area contributed by atoms with Gasteiger partial charge in [-0.05, 0) is 25.0 Å².